The van der Waals surface area contributed by atoms with E-state index in [4.69, 9.17) is 5.11 Å². The van der Waals surface area contributed by atoms with Crippen LogP contribution in [0.1, 0.15) is 13.3 Å². The Balaban J connectivity index is 2.53. The molecule has 0 aliphatic heterocycles. The Hall–Kier alpha value is -0.610. The molecule has 0 spiro atoms. The molecule has 78 valence electrons. The SMILES string of the molecule is CC(O)CCNc1cc(Br)ccc1F. The van der Waals surface area contributed by atoms with Gasteiger partial charge in [-0.15, -0.1) is 0 Å². The van der Waals surface area contributed by atoms with Gasteiger partial charge in [0.2, 0.25) is 0 Å². The number of anilines is 1. The van der Waals surface area contributed by atoms with Crippen molar-refractivity contribution in [3.05, 3.63) is 28.5 Å². The number of nitrogens with one attached hydrogen (secondary N) is 1. The quantitative estimate of drug-likeness (QED) is 0.874. The number of hydrogen-bond acceptors (Lipinski definition) is 2. The van der Waals surface area contributed by atoms with Crippen molar-refractivity contribution in [2.45, 2.75) is 19.4 Å². The standard InChI is InChI=1S/C10H13BrFNO/c1-7(14)4-5-13-10-6-8(11)2-3-9(10)12/h2-3,6-7,13-14H,4-5H2,1H3. The van der Waals surface area contributed by atoms with E-state index in [2.05, 4.69) is 21.2 Å². The van der Waals surface area contributed by atoms with Crippen LogP contribution in [0.4, 0.5) is 10.1 Å². The van der Waals surface area contributed by atoms with Crippen LogP contribution in [0.2, 0.25) is 0 Å². The Morgan fingerprint density at radius 2 is 2.29 bits per heavy atom. The molecule has 0 saturated carbocycles. The number of hydrogen-bond donors (Lipinski definition) is 2. The van der Waals surface area contributed by atoms with Crippen molar-refractivity contribution in [1.82, 2.24) is 0 Å². The van der Waals surface area contributed by atoms with Crippen LogP contribution >= 0.6 is 15.9 Å². The molecule has 0 bridgehead atoms. The summed E-state index contributed by atoms with van der Waals surface area (Å²) >= 11 is 3.26. The summed E-state index contributed by atoms with van der Waals surface area (Å²) in [5.74, 6) is -0.279. The van der Waals surface area contributed by atoms with Crippen LogP contribution in [0, 0.1) is 5.82 Å². The second-order valence-corrected chi connectivity index (χ2v) is 4.10. The van der Waals surface area contributed by atoms with Gasteiger partial charge in [-0.1, -0.05) is 15.9 Å². The Labute approximate surface area is 91.3 Å². The zero-order chi connectivity index (χ0) is 10.6. The van der Waals surface area contributed by atoms with Crippen molar-refractivity contribution < 1.29 is 9.50 Å². The van der Waals surface area contributed by atoms with Crippen LogP contribution in [0.25, 0.3) is 0 Å². The van der Waals surface area contributed by atoms with Crippen molar-refractivity contribution in [2.24, 2.45) is 0 Å². The molecule has 0 aromatic heterocycles. The Bertz CT molecular complexity index is 304. The van der Waals surface area contributed by atoms with Crippen molar-refractivity contribution >= 4 is 21.6 Å². The Morgan fingerprint density at radius 3 is 2.93 bits per heavy atom. The van der Waals surface area contributed by atoms with Gasteiger partial charge in [-0.3, -0.25) is 0 Å². The zero-order valence-electron chi connectivity index (χ0n) is 7.93. The smallest absolute Gasteiger partial charge is 0.146 e. The van der Waals surface area contributed by atoms with Crippen LogP contribution in [-0.4, -0.2) is 17.8 Å². The van der Waals surface area contributed by atoms with Crippen LogP contribution in [0.3, 0.4) is 0 Å². The third-order valence-corrected chi connectivity index (χ3v) is 2.30. The summed E-state index contributed by atoms with van der Waals surface area (Å²) in [4.78, 5) is 0. The molecule has 0 aliphatic carbocycles. The maximum atomic E-state index is 13.1. The Kier molecular flexibility index (Phi) is 4.35. The summed E-state index contributed by atoms with van der Waals surface area (Å²) in [5.41, 5.74) is 0.458. The van der Waals surface area contributed by atoms with Crippen LogP contribution in [0.5, 0.6) is 0 Å². The van der Waals surface area contributed by atoms with Crippen LogP contribution < -0.4 is 5.32 Å². The van der Waals surface area contributed by atoms with E-state index in [1.165, 1.54) is 6.07 Å². The minimum absolute atomic E-state index is 0.279. The van der Waals surface area contributed by atoms with Gasteiger partial charge in [0.1, 0.15) is 5.82 Å². The largest absolute Gasteiger partial charge is 0.393 e. The average molecular weight is 262 g/mol. The third-order valence-electron chi connectivity index (χ3n) is 1.81. The molecule has 2 N–H and O–H groups in total. The summed E-state index contributed by atoms with van der Waals surface area (Å²) < 4.78 is 14.0. The fourth-order valence-electron chi connectivity index (χ4n) is 1.05. The van der Waals surface area contributed by atoms with Gasteiger partial charge in [0.05, 0.1) is 11.8 Å². The monoisotopic (exact) mass is 261 g/mol. The van der Waals surface area contributed by atoms with E-state index < -0.39 is 0 Å². The van der Waals surface area contributed by atoms with Gasteiger partial charge < -0.3 is 10.4 Å². The van der Waals surface area contributed by atoms with E-state index in [0.29, 0.717) is 18.7 Å². The van der Waals surface area contributed by atoms with Gasteiger partial charge in [0.15, 0.2) is 0 Å². The number of benzene rings is 1. The minimum Gasteiger partial charge on any atom is -0.393 e. The van der Waals surface area contributed by atoms with E-state index in [9.17, 15) is 4.39 Å². The van der Waals surface area contributed by atoms with Crippen molar-refractivity contribution in [3.63, 3.8) is 0 Å². The van der Waals surface area contributed by atoms with E-state index in [-0.39, 0.29) is 11.9 Å². The molecule has 1 aromatic carbocycles. The first kappa shape index (κ1) is 11.5. The number of aliphatic hydroxyl groups excluding tert-OH is 1. The predicted octanol–water partition coefficient (Wildman–Crippen LogP) is 2.77. The molecule has 1 atom stereocenters. The fourth-order valence-corrected chi connectivity index (χ4v) is 1.41. The maximum Gasteiger partial charge on any atom is 0.146 e. The molecule has 14 heavy (non-hydrogen) atoms. The molecular formula is C10H13BrFNO. The van der Waals surface area contributed by atoms with Gasteiger partial charge in [0, 0.05) is 11.0 Å². The summed E-state index contributed by atoms with van der Waals surface area (Å²) in [6.45, 7) is 2.27. The molecule has 0 radical (unpaired) electrons. The molecule has 1 aromatic rings. The lowest BCUT2D eigenvalue weighted by atomic mass is 10.2. The zero-order valence-corrected chi connectivity index (χ0v) is 9.51. The van der Waals surface area contributed by atoms with Gasteiger partial charge in [-0.05, 0) is 31.5 Å². The average Bonchev–Trinajstić information content (AvgIpc) is 2.10. The first-order valence-corrected chi connectivity index (χ1v) is 5.26. The molecule has 4 heteroatoms. The highest BCUT2D eigenvalue weighted by atomic mass is 79.9. The van der Waals surface area contributed by atoms with E-state index in [1.54, 1.807) is 19.1 Å². The van der Waals surface area contributed by atoms with E-state index in [1.807, 2.05) is 0 Å². The molecule has 1 unspecified atom stereocenters. The molecule has 1 rings (SSSR count). The second-order valence-electron chi connectivity index (χ2n) is 3.19. The highest BCUT2D eigenvalue weighted by molar-refractivity contribution is 9.10. The first-order chi connectivity index (χ1) is 6.59. The fraction of sp³-hybridized carbons (Fsp3) is 0.400. The van der Waals surface area contributed by atoms with Gasteiger partial charge in [-0.2, -0.15) is 0 Å². The third kappa shape index (κ3) is 3.64. The molecule has 0 fully saturated rings. The van der Waals surface area contributed by atoms with Crippen molar-refractivity contribution in [1.29, 1.82) is 0 Å². The molecular weight excluding hydrogens is 249 g/mol. The number of halogens is 2. The van der Waals surface area contributed by atoms with Gasteiger partial charge >= 0.3 is 0 Å². The van der Waals surface area contributed by atoms with E-state index >= 15 is 0 Å². The highest BCUT2D eigenvalue weighted by Crippen LogP contribution is 2.19. The summed E-state index contributed by atoms with van der Waals surface area (Å²) in [7, 11) is 0. The Morgan fingerprint density at radius 1 is 1.57 bits per heavy atom. The van der Waals surface area contributed by atoms with Gasteiger partial charge in [0.25, 0.3) is 0 Å². The normalized spacial score (nSPS) is 12.6. The molecule has 0 aliphatic rings. The lowest BCUT2D eigenvalue weighted by Crippen LogP contribution is -2.10. The molecule has 0 heterocycles. The lowest BCUT2D eigenvalue weighted by Gasteiger charge is -2.08. The number of aliphatic hydroxyl groups is 1. The number of rotatable bonds is 4. The van der Waals surface area contributed by atoms with Crippen LogP contribution in [0.15, 0.2) is 22.7 Å². The summed E-state index contributed by atoms with van der Waals surface area (Å²) in [6, 6.07) is 4.72. The first-order valence-electron chi connectivity index (χ1n) is 4.46. The molecule has 0 amide bonds. The maximum absolute atomic E-state index is 13.1. The second kappa shape index (κ2) is 5.32. The lowest BCUT2D eigenvalue weighted by molar-refractivity contribution is 0.188. The summed E-state index contributed by atoms with van der Waals surface area (Å²) in [5, 5.41) is 11.9. The van der Waals surface area contributed by atoms with Crippen molar-refractivity contribution in [3.8, 4) is 0 Å². The van der Waals surface area contributed by atoms with E-state index in [0.717, 1.165) is 4.47 Å². The topological polar surface area (TPSA) is 32.3 Å². The van der Waals surface area contributed by atoms with Crippen molar-refractivity contribution in [2.75, 3.05) is 11.9 Å². The minimum atomic E-state index is -0.363. The highest BCUT2D eigenvalue weighted by Gasteiger charge is 2.02. The van der Waals surface area contributed by atoms with Gasteiger partial charge in [-0.25, -0.2) is 4.39 Å². The van der Waals surface area contributed by atoms with Crippen LogP contribution in [-0.2, 0) is 0 Å². The molecule has 0 saturated heterocycles. The molecule has 2 nitrogen and oxygen atoms in total. The summed E-state index contributed by atoms with van der Waals surface area (Å²) in [6.07, 6.45) is 0.240. The predicted molar refractivity (Wildman–Crippen MR) is 58.9 cm³/mol.